The zero-order valence-electron chi connectivity index (χ0n) is 12.5. The molecule has 0 aliphatic heterocycles. The minimum Gasteiger partial charge on any atom is -0.465 e. The standard InChI is InChI=1S/C16H22ClNO2S/c1-3-20-15(19)16(18-2)9-5-8-14(11-16)21-13-7-4-6-12(17)10-13/h4,6-7,10,14,18H,3,5,8-9,11H2,1-2H3. The molecule has 1 saturated carbocycles. The van der Waals surface area contributed by atoms with Crippen molar-refractivity contribution in [3.63, 3.8) is 0 Å². The van der Waals surface area contributed by atoms with E-state index in [1.807, 2.05) is 32.2 Å². The monoisotopic (exact) mass is 327 g/mol. The van der Waals surface area contributed by atoms with E-state index >= 15 is 0 Å². The first-order valence-corrected chi connectivity index (χ1v) is 8.64. The lowest BCUT2D eigenvalue weighted by Gasteiger charge is -2.38. The van der Waals surface area contributed by atoms with Gasteiger partial charge in [0.25, 0.3) is 0 Å². The van der Waals surface area contributed by atoms with Crippen molar-refractivity contribution in [1.29, 1.82) is 0 Å². The summed E-state index contributed by atoms with van der Waals surface area (Å²) in [6.45, 7) is 2.27. The van der Waals surface area contributed by atoms with Gasteiger partial charge in [-0.25, -0.2) is 0 Å². The van der Waals surface area contributed by atoms with Gasteiger partial charge in [0.05, 0.1) is 6.61 Å². The first-order chi connectivity index (χ1) is 10.1. The maximum atomic E-state index is 12.3. The maximum absolute atomic E-state index is 12.3. The Morgan fingerprint density at radius 3 is 3.05 bits per heavy atom. The summed E-state index contributed by atoms with van der Waals surface area (Å²) in [7, 11) is 1.85. The Hall–Kier alpha value is -0.710. The highest BCUT2D eigenvalue weighted by Gasteiger charge is 2.43. The van der Waals surface area contributed by atoms with Crippen LogP contribution in [0.2, 0.25) is 5.02 Å². The summed E-state index contributed by atoms with van der Waals surface area (Å²) in [6.07, 6.45) is 3.77. The van der Waals surface area contributed by atoms with Crippen molar-refractivity contribution in [2.45, 2.75) is 48.3 Å². The van der Waals surface area contributed by atoms with Crippen molar-refractivity contribution in [3.05, 3.63) is 29.3 Å². The van der Waals surface area contributed by atoms with Crippen LogP contribution in [-0.2, 0) is 9.53 Å². The minimum atomic E-state index is -0.537. The number of carbonyl (C=O) groups excluding carboxylic acids is 1. The fourth-order valence-electron chi connectivity index (χ4n) is 2.84. The van der Waals surface area contributed by atoms with Crippen molar-refractivity contribution in [2.75, 3.05) is 13.7 Å². The number of hydrogen-bond donors (Lipinski definition) is 1. The zero-order chi connectivity index (χ0) is 15.3. The Bertz CT molecular complexity index is 497. The lowest BCUT2D eigenvalue weighted by atomic mass is 9.81. The number of halogens is 1. The van der Waals surface area contributed by atoms with Gasteiger partial charge in [0.2, 0.25) is 0 Å². The van der Waals surface area contributed by atoms with E-state index < -0.39 is 5.54 Å². The Kier molecular flexibility index (Phi) is 5.97. The molecule has 0 aromatic heterocycles. The maximum Gasteiger partial charge on any atom is 0.326 e. The molecule has 0 spiro atoms. The molecule has 0 heterocycles. The summed E-state index contributed by atoms with van der Waals surface area (Å²) in [4.78, 5) is 13.4. The summed E-state index contributed by atoms with van der Waals surface area (Å²) in [5.74, 6) is -0.121. The van der Waals surface area contributed by atoms with Gasteiger partial charge < -0.3 is 10.1 Å². The Morgan fingerprint density at radius 1 is 1.57 bits per heavy atom. The molecular weight excluding hydrogens is 306 g/mol. The molecule has 116 valence electrons. The average Bonchev–Trinajstić information content (AvgIpc) is 2.47. The third-order valence-corrected chi connectivity index (χ3v) is 5.45. The number of thioether (sulfide) groups is 1. The number of hydrogen-bond acceptors (Lipinski definition) is 4. The molecule has 1 aromatic carbocycles. The quantitative estimate of drug-likeness (QED) is 0.832. The number of carbonyl (C=O) groups is 1. The number of rotatable bonds is 5. The molecule has 2 atom stereocenters. The lowest BCUT2D eigenvalue weighted by molar-refractivity contribution is -0.152. The molecule has 3 nitrogen and oxygen atoms in total. The number of benzene rings is 1. The van der Waals surface area contributed by atoms with Crippen LogP contribution in [-0.4, -0.2) is 30.4 Å². The molecule has 1 aliphatic carbocycles. The Balaban J connectivity index is 2.07. The highest BCUT2D eigenvalue weighted by molar-refractivity contribution is 8.00. The third-order valence-electron chi connectivity index (χ3n) is 3.95. The molecule has 1 aromatic rings. The molecule has 1 aliphatic rings. The van der Waals surface area contributed by atoms with Crippen LogP contribution in [0.1, 0.15) is 32.6 Å². The van der Waals surface area contributed by atoms with Crippen molar-refractivity contribution >= 4 is 29.3 Å². The van der Waals surface area contributed by atoms with Crippen LogP contribution < -0.4 is 5.32 Å². The number of likely N-dealkylation sites (N-methyl/N-ethyl adjacent to an activating group) is 1. The van der Waals surface area contributed by atoms with Crippen LogP contribution >= 0.6 is 23.4 Å². The first-order valence-electron chi connectivity index (χ1n) is 7.38. The molecule has 5 heteroatoms. The zero-order valence-corrected chi connectivity index (χ0v) is 14.1. The minimum absolute atomic E-state index is 0.121. The normalized spacial score (nSPS) is 25.6. The van der Waals surface area contributed by atoms with Crippen LogP contribution in [0.4, 0.5) is 0 Å². The lowest BCUT2D eigenvalue weighted by Crippen LogP contribution is -2.54. The smallest absolute Gasteiger partial charge is 0.326 e. The van der Waals surface area contributed by atoms with Crippen molar-refractivity contribution in [1.82, 2.24) is 5.32 Å². The largest absolute Gasteiger partial charge is 0.465 e. The van der Waals surface area contributed by atoms with Gasteiger partial charge >= 0.3 is 5.97 Å². The second kappa shape index (κ2) is 7.52. The Morgan fingerprint density at radius 2 is 2.38 bits per heavy atom. The summed E-state index contributed by atoms with van der Waals surface area (Å²) in [5, 5.41) is 4.36. The fraction of sp³-hybridized carbons (Fsp3) is 0.562. The number of ether oxygens (including phenoxy) is 1. The van der Waals surface area contributed by atoms with Gasteiger partial charge in [-0.2, -0.15) is 0 Å². The van der Waals surface area contributed by atoms with E-state index in [2.05, 4.69) is 11.4 Å². The third kappa shape index (κ3) is 4.15. The van der Waals surface area contributed by atoms with E-state index in [-0.39, 0.29) is 5.97 Å². The molecule has 21 heavy (non-hydrogen) atoms. The topological polar surface area (TPSA) is 38.3 Å². The fourth-order valence-corrected chi connectivity index (χ4v) is 4.49. The van der Waals surface area contributed by atoms with E-state index in [4.69, 9.17) is 16.3 Å². The Labute approximate surface area is 135 Å². The second-order valence-corrected chi connectivity index (χ2v) is 7.16. The van der Waals surface area contributed by atoms with E-state index in [0.29, 0.717) is 11.9 Å². The number of nitrogens with one attached hydrogen (secondary N) is 1. The molecule has 0 bridgehead atoms. The highest BCUT2D eigenvalue weighted by atomic mass is 35.5. The van der Waals surface area contributed by atoms with Crippen LogP contribution in [0.15, 0.2) is 29.2 Å². The van der Waals surface area contributed by atoms with Crippen molar-refractivity contribution < 1.29 is 9.53 Å². The molecule has 0 saturated heterocycles. The van der Waals surface area contributed by atoms with Gasteiger partial charge in [-0.1, -0.05) is 17.7 Å². The summed E-state index contributed by atoms with van der Waals surface area (Å²) >= 11 is 7.84. The predicted molar refractivity (Wildman–Crippen MR) is 88.0 cm³/mol. The molecule has 0 radical (unpaired) electrons. The number of esters is 1. The van der Waals surface area contributed by atoms with E-state index in [9.17, 15) is 4.79 Å². The van der Waals surface area contributed by atoms with Crippen LogP contribution in [0, 0.1) is 0 Å². The van der Waals surface area contributed by atoms with Gasteiger partial charge in [0.15, 0.2) is 0 Å². The molecule has 2 unspecified atom stereocenters. The summed E-state index contributed by atoms with van der Waals surface area (Å²) < 4.78 is 5.26. The summed E-state index contributed by atoms with van der Waals surface area (Å²) in [6, 6.07) is 7.88. The molecule has 1 fully saturated rings. The van der Waals surface area contributed by atoms with Gasteiger partial charge in [0, 0.05) is 15.2 Å². The highest BCUT2D eigenvalue weighted by Crippen LogP contribution is 2.39. The SMILES string of the molecule is CCOC(=O)C1(NC)CCCC(Sc2cccc(Cl)c2)C1. The van der Waals surface area contributed by atoms with Crippen LogP contribution in [0.5, 0.6) is 0 Å². The molecule has 1 N–H and O–H groups in total. The molecule has 0 amide bonds. The van der Waals surface area contributed by atoms with E-state index in [1.165, 1.54) is 0 Å². The average molecular weight is 328 g/mol. The molecule has 2 rings (SSSR count). The first kappa shape index (κ1) is 16.7. The second-order valence-electron chi connectivity index (χ2n) is 5.35. The predicted octanol–water partition coefficient (Wildman–Crippen LogP) is 3.90. The summed E-state index contributed by atoms with van der Waals surface area (Å²) in [5.41, 5.74) is -0.537. The van der Waals surface area contributed by atoms with Gasteiger partial charge in [-0.15, -0.1) is 11.8 Å². The van der Waals surface area contributed by atoms with Crippen molar-refractivity contribution in [2.24, 2.45) is 0 Å². The van der Waals surface area contributed by atoms with Gasteiger partial charge in [-0.05, 0) is 57.9 Å². The molecular formula is C16H22ClNO2S. The van der Waals surface area contributed by atoms with Crippen LogP contribution in [0.25, 0.3) is 0 Å². The van der Waals surface area contributed by atoms with E-state index in [0.717, 1.165) is 35.6 Å². The van der Waals surface area contributed by atoms with Gasteiger partial charge in [-0.3, -0.25) is 4.79 Å². The van der Waals surface area contributed by atoms with Gasteiger partial charge in [0.1, 0.15) is 5.54 Å². The van der Waals surface area contributed by atoms with Crippen LogP contribution in [0.3, 0.4) is 0 Å². The van der Waals surface area contributed by atoms with Crippen molar-refractivity contribution in [3.8, 4) is 0 Å². The van der Waals surface area contributed by atoms with E-state index in [1.54, 1.807) is 11.8 Å².